The second-order valence-corrected chi connectivity index (χ2v) is 6.58. The predicted molar refractivity (Wildman–Crippen MR) is 105 cm³/mol. The first-order valence-electron chi connectivity index (χ1n) is 8.36. The van der Waals surface area contributed by atoms with Crippen LogP contribution in [0.1, 0.15) is 25.0 Å². The molecule has 8 heteroatoms. The maximum atomic E-state index is 13.3. The van der Waals surface area contributed by atoms with Gasteiger partial charge in [-0.05, 0) is 64.3 Å². The van der Waals surface area contributed by atoms with E-state index in [9.17, 15) is 19.1 Å². The minimum Gasteiger partial charge on any atom is -0.490 e. The van der Waals surface area contributed by atoms with E-state index in [1.54, 1.807) is 31.2 Å². The summed E-state index contributed by atoms with van der Waals surface area (Å²) in [5.41, 5.74) is 0.868. The van der Waals surface area contributed by atoms with Crippen LogP contribution in [0.15, 0.2) is 46.6 Å². The van der Waals surface area contributed by atoms with Crippen molar-refractivity contribution in [2.75, 3.05) is 6.61 Å². The number of aliphatic carboxylic acids is 1. The Bertz CT molecular complexity index is 913. The SMILES string of the molecule is CCOc1cc(C=C(NC(C)=O)C(=O)O)cc(Br)c1OCc1cccc(F)c1. The number of carboxylic acid groups (broad SMARTS) is 1. The van der Waals surface area contributed by atoms with Gasteiger partial charge in [-0.1, -0.05) is 12.1 Å². The highest BCUT2D eigenvalue weighted by Crippen LogP contribution is 2.38. The van der Waals surface area contributed by atoms with Crippen LogP contribution in [0, 0.1) is 5.82 Å². The molecule has 148 valence electrons. The van der Waals surface area contributed by atoms with Gasteiger partial charge in [0.2, 0.25) is 5.91 Å². The summed E-state index contributed by atoms with van der Waals surface area (Å²) in [6.07, 6.45) is 1.31. The van der Waals surface area contributed by atoms with Crippen LogP contribution in [-0.4, -0.2) is 23.6 Å². The molecule has 0 aliphatic rings. The van der Waals surface area contributed by atoms with E-state index in [0.29, 0.717) is 33.7 Å². The molecule has 0 atom stereocenters. The van der Waals surface area contributed by atoms with Gasteiger partial charge >= 0.3 is 5.97 Å². The van der Waals surface area contributed by atoms with Crippen LogP contribution in [0.2, 0.25) is 0 Å². The van der Waals surface area contributed by atoms with Gasteiger partial charge in [-0.2, -0.15) is 0 Å². The van der Waals surface area contributed by atoms with Crippen molar-refractivity contribution in [3.63, 3.8) is 0 Å². The van der Waals surface area contributed by atoms with Gasteiger partial charge in [0, 0.05) is 6.92 Å². The fourth-order valence-electron chi connectivity index (χ4n) is 2.36. The Balaban J connectivity index is 2.34. The lowest BCUT2D eigenvalue weighted by atomic mass is 10.1. The highest BCUT2D eigenvalue weighted by molar-refractivity contribution is 9.10. The quantitative estimate of drug-likeness (QED) is 0.589. The molecule has 2 aromatic carbocycles. The van der Waals surface area contributed by atoms with Crippen molar-refractivity contribution in [2.45, 2.75) is 20.5 Å². The zero-order valence-electron chi connectivity index (χ0n) is 15.3. The van der Waals surface area contributed by atoms with Crippen LogP contribution < -0.4 is 14.8 Å². The summed E-state index contributed by atoms with van der Waals surface area (Å²) in [5, 5.41) is 11.5. The second kappa shape index (κ2) is 9.89. The Hall–Kier alpha value is -2.87. The number of carbonyl (C=O) groups is 2. The lowest BCUT2D eigenvalue weighted by molar-refractivity contribution is -0.134. The number of halogens is 2. The van der Waals surface area contributed by atoms with E-state index in [4.69, 9.17) is 9.47 Å². The number of carbonyl (C=O) groups excluding carboxylic acids is 1. The molecule has 0 saturated carbocycles. The molecule has 0 aliphatic carbocycles. The molecule has 0 aliphatic heterocycles. The fraction of sp³-hybridized carbons (Fsp3) is 0.200. The third kappa shape index (κ3) is 6.09. The van der Waals surface area contributed by atoms with Gasteiger partial charge in [0.05, 0.1) is 11.1 Å². The van der Waals surface area contributed by atoms with Crippen molar-refractivity contribution in [3.05, 3.63) is 63.5 Å². The molecule has 28 heavy (non-hydrogen) atoms. The number of rotatable bonds is 8. The summed E-state index contributed by atoms with van der Waals surface area (Å²) in [6.45, 7) is 3.50. The first-order chi connectivity index (χ1) is 13.3. The highest BCUT2D eigenvalue weighted by Gasteiger charge is 2.15. The van der Waals surface area contributed by atoms with E-state index in [2.05, 4.69) is 21.2 Å². The molecule has 0 fully saturated rings. The van der Waals surface area contributed by atoms with Crippen LogP contribution in [0.25, 0.3) is 6.08 Å². The molecule has 2 aromatic rings. The van der Waals surface area contributed by atoms with Crippen molar-refractivity contribution in [1.29, 1.82) is 0 Å². The number of hydrogen-bond acceptors (Lipinski definition) is 4. The average molecular weight is 452 g/mol. The van der Waals surface area contributed by atoms with Crippen LogP contribution in [-0.2, 0) is 16.2 Å². The predicted octanol–water partition coefficient (Wildman–Crippen LogP) is 4.13. The van der Waals surface area contributed by atoms with Gasteiger partial charge in [0.25, 0.3) is 0 Å². The number of benzene rings is 2. The van der Waals surface area contributed by atoms with Gasteiger partial charge < -0.3 is 19.9 Å². The third-order valence-electron chi connectivity index (χ3n) is 3.46. The van der Waals surface area contributed by atoms with E-state index in [1.165, 1.54) is 25.1 Å². The maximum Gasteiger partial charge on any atom is 0.352 e. The number of ether oxygens (including phenoxy) is 2. The molecule has 0 heterocycles. The molecular weight excluding hydrogens is 433 g/mol. The molecule has 6 nitrogen and oxygen atoms in total. The number of hydrogen-bond donors (Lipinski definition) is 2. The standard InChI is InChI=1S/C20H19BrFNO5/c1-3-27-18-10-14(9-17(20(25)26)23-12(2)24)8-16(21)19(18)28-11-13-5-4-6-15(22)7-13/h4-10H,3,11H2,1-2H3,(H,23,24)(H,25,26). The number of amides is 1. The lowest BCUT2D eigenvalue weighted by Gasteiger charge is -2.15. The summed E-state index contributed by atoms with van der Waals surface area (Å²) in [5.74, 6) is -1.33. The van der Waals surface area contributed by atoms with Crippen LogP contribution in [0.5, 0.6) is 11.5 Å². The Morgan fingerprint density at radius 2 is 2.00 bits per heavy atom. The summed E-state index contributed by atoms with van der Waals surface area (Å²) < 4.78 is 25.2. The highest BCUT2D eigenvalue weighted by atomic mass is 79.9. The van der Waals surface area contributed by atoms with Gasteiger partial charge in [-0.25, -0.2) is 9.18 Å². The Kier molecular flexibility index (Phi) is 7.57. The summed E-state index contributed by atoms with van der Waals surface area (Å²) >= 11 is 3.39. The maximum absolute atomic E-state index is 13.3. The van der Waals surface area contributed by atoms with Crippen molar-refractivity contribution in [1.82, 2.24) is 5.32 Å². The topological polar surface area (TPSA) is 84.9 Å². The third-order valence-corrected chi connectivity index (χ3v) is 4.05. The molecule has 0 spiro atoms. The average Bonchev–Trinajstić information content (AvgIpc) is 2.60. The van der Waals surface area contributed by atoms with E-state index in [0.717, 1.165) is 0 Å². The van der Waals surface area contributed by atoms with Crippen molar-refractivity contribution in [2.24, 2.45) is 0 Å². The van der Waals surface area contributed by atoms with E-state index in [1.807, 2.05) is 0 Å². The molecule has 1 amide bonds. The Morgan fingerprint density at radius 3 is 2.61 bits per heavy atom. The smallest absolute Gasteiger partial charge is 0.352 e. The van der Waals surface area contributed by atoms with Gasteiger partial charge in [-0.15, -0.1) is 0 Å². The molecule has 0 bridgehead atoms. The van der Waals surface area contributed by atoms with Gasteiger partial charge in [0.15, 0.2) is 11.5 Å². The van der Waals surface area contributed by atoms with Gasteiger partial charge in [0.1, 0.15) is 18.1 Å². The number of carboxylic acids is 1. The first kappa shape index (κ1) is 21.4. The Morgan fingerprint density at radius 1 is 1.25 bits per heavy atom. The molecule has 2 N–H and O–H groups in total. The van der Waals surface area contributed by atoms with E-state index in [-0.39, 0.29) is 18.1 Å². The van der Waals surface area contributed by atoms with Crippen molar-refractivity contribution in [3.8, 4) is 11.5 Å². The van der Waals surface area contributed by atoms with Crippen molar-refractivity contribution < 1.29 is 28.6 Å². The largest absolute Gasteiger partial charge is 0.490 e. The minimum absolute atomic E-state index is 0.123. The molecule has 2 rings (SSSR count). The lowest BCUT2D eigenvalue weighted by Crippen LogP contribution is -2.24. The number of nitrogens with one attached hydrogen (secondary N) is 1. The van der Waals surface area contributed by atoms with Crippen LogP contribution in [0.4, 0.5) is 4.39 Å². The summed E-state index contributed by atoms with van der Waals surface area (Å²) in [7, 11) is 0. The Labute approximate surface area is 170 Å². The van der Waals surface area contributed by atoms with E-state index >= 15 is 0 Å². The molecule has 0 radical (unpaired) electrons. The normalized spacial score (nSPS) is 11.1. The van der Waals surface area contributed by atoms with Crippen LogP contribution in [0.3, 0.4) is 0 Å². The molecule has 0 saturated heterocycles. The zero-order chi connectivity index (χ0) is 20.7. The minimum atomic E-state index is -1.27. The van der Waals surface area contributed by atoms with E-state index < -0.39 is 11.9 Å². The van der Waals surface area contributed by atoms with Crippen molar-refractivity contribution >= 4 is 33.9 Å². The summed E-state index contributed by atoms with van der Waals surface area (Å²) in [4.78, 5) is 22.5. The fourth-order valence-corrected chi connectivity index (χ4v) is 2.94. The second-order valence-electron chi connectivity index (χ2n) is 5.73. The molecule has 0 unspecified atom stereocenters. The molecular formula is C20H19BrFNO5. The molecule has 0 aromatic heterocycles. The van der Waals surface area contributed by atoms with Gasteiger partial charge in [-0.3, -0.25) is 4.79 Å². The monoisotopic (exact) mass is 451 g/mol. The summed E-state index contributed by atoms with van der Waals surface area (Å²) in [6, 6.07) is 9.28. The first-order valence-corrected chi connectivity index (χ1v) is 9.15. The zero-order valence-corrected chi connectivity index (χ0v) is 16.9. The van der Waals surface area contributed by atoms with Crippen LogP contribution >= 0.6 is 15.9 Å².